The topological polar surface area (TPSA) is 75.1 Å². The van der Waals surface area contributed by atoms with Gasteiger partial charge in [-0.3, -0.25) is 9.78 Å². The number of carbonyl (C=O) groups excluding carboxylic acids is 1. The second-order valence-corrected chi connectivity index (χ2v) is 7.76. The molecule has 2 aromatic rings. The Hall–Kier alpha value is -1.90. The van der Waals surface area contributed by atoms with Crippen molar-refractivity contribution in [2.24, 2.45) is 0 Å². The van der Waals surface area contributed by atoms with Gasteiger partial charge in [-0.15, -0.1) is 0 Å². The SMILES string of the molecule is O=C(NC(c1cc(Cl)ccn1)[C@]1(O)CC[C@@H](F)CC1)c1nccc(C(F)F)c1Cl. The summed E-state index contributed by atoms with van der Waals surface area (Å²) in [5, 5.41) is 13.6. The van der Waals surface area contributed by atoms with Crippen molar-refractivity contribution in [1.29, 1.82) is 0 Å². The Labute approximate surface area is 175 Å². The molecule has 2 N–H and O–H groups in total. The number of alkyl halides is 3. The fourth-order valence-electron chi connectivity index (χ4n) is 3.42. The highest BCUT2D eigenvalue weighted by Gasteiger charge is 2.43. The van der Waals surface area contributed by atoms with Crippen LogP contribution in [0.15, 0.2) is 30.6 Å². The third kappa shape index (κ3) is 4.82. The van der Waals surface area contributed by atoms with Gasteiger partial charge in [-0.2, -0.15) is 0 Å². The Morgan fingerprint density at radius 3 is 2.48 bits per heavy atom. The minimum absolute atomic E-state index is 0.0749. The van der Waals surface area contributed by atoms with Gasteiger partial charge in [0.15, 0.2) is 0 Å². The van der Waals surface area contributed by atoms with Crippen molar-refractivity contribution in [2.45, 2.75) is 49.9 Å². The molecule has 1 saturated carbocycles. The number of hydrogen-bond acceptors (Lipinski definition) is 4. The molecule has 3 rings (SSSR count). The summed E-state index contributed by atoms with van der Waals surface area (Å²) in [6.45, 7) is 0. The lowest BCUT2D eigenvalue weighted by Crippen LogP contribution is -2.49. The van der Waals surface area contributed by atoms with Crippen LogP contribution in [0.2, 0.25) is 10.0 Å². The molecule has 0 spiro atoms. The van der Waals surface area contributed by atoms with Crippen molar-refractivity contribution in [1.82, 2.24) is 15.3 Å². The van der Waals surface area contributed by atoms with Crippen molar-refractivity contribution in [3.63, 3.8) is 0 Å². The van der Waals surface area contributed by atoms with Crippen LogP contribution in [-0.2, 0) is 0 Å². The molecule has 1 fully saturated rings. The van der Waals surface area contributed by atoms with Crippen LogP contribution in [0.4, 0.5) is 13.2 Å². The molecule has 0 bridgehead atoms. The summed E-state index contributed by atoms with van der Waals surface area (Å²) in [7, 11) is 0. The van der Waals surface area contributed by atoms with Crippen LogP contribution in [0.1, 0.15) is 59.9 Å². The molecule has 5 nitrogen and oxygen atoms in total. The largest absolute Gasteiger partial charge is 0.387 e. The second-order valence-electron chi connectivity index (χ2n) is 6.95. The molecule has 0 aliphatic heterocycles. The quantitative estimate of drug-likeness (QED) is 0.687. The lowest BCUT2D eigenvalue weighted by Gasteiger charge is -2.40. The third-order valence-corrected chi connectivity index (χ3v) is 5.63. The first-order valence-electron chi connectivity index (χ1n) is 8.92. The van der Waals surface area contributed by atoms with Crippen LogP contribution >= 0.6 is 23.2 Å². The average molecular weight is 448 g/mol. The molecule has 0 aromatic carbocycles. The van der Waals surface area contributed by atoms with Gasteiger partial charge >= 0.3 is 0 Å². The number of aliphatic hydroxyl groups is 1. The van der Waals surface area contributed by atoms with Gasteiger partial charge in [0.25, 0.3) is 12.3 Å². The summed E-state index contributed by atoms with van der Waals surface area (Å²) in [5.41, 5.74) is -2.17. The van der Waals surface area contributed by atoms with Gasteiger partial charge in [-0.25, -0.2) is 18.2 Å². The van der Waals surface area contributed by atoms with Crippen molar-refractivity contribution < 1.29 is 23.1 Å². The summed E-state index contributed by atoms with van der Waals surface area (Å²) < 4.78 is 39.8. The molecule has 0 saturated heterocycles. The maximum absolute atomic E-state index is 13.6. The predicted octanol–water partition coefficient (Wildman–Crippen LogP) is 4.84. The predicted molar refractivity (Wildman–Crippen MR) is 102 cm³/mol. The normalized spacial score (nSPS) is 23.1. The first-order valence-corrected chi connectivity index (χ1v) is 9.68. The number of nitrogens with one attached hydrogen (secondary N) is 1. The molecule has 1 aliphatic carbocycles. The maximum Gasteiger partial charge on any atom is 0.272 e. The molecule has 156 valence electrons. The van der Waals surface area contributed by atoms with Crippen LogP contribution < -0.4 is 5.32 Å². The summed E-state index contributed by atoms with van der Waals surface area (Å²) in [6, 6.07) is 2.96. The minimum Gasteiger partial charge on any atom is -0.387 e. The van der Waals surface area contributed by atoms with Gasteiger partial charge in [-0.1, -0.05) is 23.2 Å². The van der Waals surface area contributed by atoms with Crippen molar-refractivity contribution in [3.8, 4) is 0 Å². The number of nitrogens with zero attached hydrogens (tertiary/aromatic N) is 2. The first kappa shape index (κ1) is 21.8. The monoisotopic (exact) mass is 447 g/mol. The second kappa shape index (κ2) is 8.85. The molecule has 29 heavy (non-hydrogen) atoms. The molecule has 2 heterocycles. The highest BCUT2D eigenvalue weighted by Crippen LogP contribution is 2.39. The summed E-state index contributed by atoms with van der Waals surface area (Å²) >= 11 is 12.0. The zero-order chi connectivity index (χ0) is 21.2. The Bertz CT molecular complexity index is 893. The van der Waals surface area contributed by atoms with E-state index >= 15 is 0 Å². The van der Waals surface area contributed by atoms with Gasteiger partial charge in [0.1, 0.15) is 17.9 Å². The number of rotatable bonds is 5. The molecule has 10 heteroatoms. The van der Waals surface area contributed by atoms with E-state index in [4.69, 9.17) is 23.2 Å². The average Bonchev–Trinajstić information content (AvgIpc) is 2.68. The Morgan fingerprint density at radius 1 is 1.21 bits per heavy atom. The number of carbonyl (C=O) groups is 1. The Balaban J connectivity index is 1.95. The minimum atomic E-state index is -2.88. The van der Waals surface area contributed by atoms with E-state index in [0.717, 1.165) is 12.3 Å². The Morgan fingerprint density at radius 2 is 1.86 bits per heavy atom. The van der Waals surface area contributed by atoms with Gasteiger partial charge < -0.3 is 10.4 Å². The number of halogens is 5. The highest BCUT2D eigenvalue weighted by atomic mass is 35.5. The lowest BCUT2D eigenvalue weighted by atomic mass is 9.77. The highest BCUT2D eigenvalue weighted by molar-refractivity contribution is 6.34. The van der Waals surface area contributed by atoms with Crippen LogP contribution in [0.3, 0.4) is 0 Å². The molecule has 1 unspecified atom stereocenters. The lowest BCUT2D eigenvalue weighted by molar-refractivity contribution is -0.0456. The molecular formula is C19H18Cl2F3N3O2. The van der Waals surface area contributed by atoms with E-state index in [-0.39, 0.29) is 31.4 Å². The zero-order valence-corrected chi connectivity index (χ0v) is 16.6. The number of aromatic nitrogens is 2. The smallest absolute Gasteiger partial charge is 0.272 e. The molecule has 0 radical (unpaired) electrons. The van der Waals surface area contributed by atoms with E-state index in [1.807, 2.05) is 0 Å². The van der Waals surface area contributed by atoms with E-state index in [1.54, 1.807) is 0 Å². The van der Waals surface area contributed by atoms with Crippen LogP contribution in [0.5, 0.6) is 0 Å². The molecule has 1 aliphatic rings. The van der Waals surface area contributed by atoms with Crippen molar-refractivity contribution in [2.75, 3.05) is 0 Å². The molecule has 2 aromatic heterocycles. The number of amides is 1. The number of pyridine rings is 2. The van der Waals surface area contributed by atoms with Crippen LogP contribution in [-0.4, -0.2) is 32.8 Å². The van der Waals surface area contributed by atoms with E-state index in [9.17, 15) is 23.1 Å². The van der Waals surface area contributed by atoms with Crippen LogP contribution in [0.25, 0.3) is 0 Å². The first-order chi connectivity index (χ1) is 13.7. The fourth-order valence-corrected chi connectivity index (χ4v) is 3.87. The molecular weight excluding hydrogens is 430 g/mol. The van der Waals surface area contributed by atoms with Gasteiger partial charge in [-0.05, 0) is 43.9 Å². The summed E-state index contributed by atoms with van der Waals surface area (Å²) in [4.78, 5) is 20.8. The van der Waals surface area contributed by atoms with Gasteiger partial charge in [0.05, 0.1) is 16.3 Å². The van der Waals surface area contributed by atoms with Crippen molar-refractivity contribution in [3.05, 3.63) is 57.6 Å². The zero-order valence-electron chi connectivity index (χ0n) is 15.1. The molecule has 1 atom stereocenters. The van der Waals surface area contributed by atoms with E-state index in [2.05, 4.69) is 15.3 Å². The van der Waals surface area contributed by atoms with E-state index in [0.29, 0.717) is 5.02 Å². The standard InChI is InChI=1S/C19H18Cl2F3N3O2/c20-10-3-7-25-13(9-10)16(19(29)5-1-11(22)2-6-19)27-18(28)15-14(21)12(17(23)24)4-8-26-15/h3-4,7-9,11,16-17,29H,1-2,5-6H2,(H,27,28)/t11-,16?,19+. The summed E-state index contributed by atoms with van der Waals surface area (Å²) in [6.07, 6.45) is -1.09. The van der Waals surface area contributed by atoms with E-state index < -0.39 is 46.4 Å². The number of hydrogen-bond donors (Lipinski definition) is 2. The van der Waals surface area contributed by atoms with E-state index in [1.165, 1.54) is 18.3 Å². The van der Waals surface area contributed by atoms with Crippen molar-refractivity contribution >= 4 is 29.1 Å². The van der Waals surface area contributed by atoms with Gasteiger partial charge in [0, 0.05) is 23.0 Å². The van der Waals surface area contributed by atoms with Crippen LogP contribution in [0, 0.1) is 0 Å². The summed E-state index contributed by atoms with van der Waals surface area (Å²) in [5.74, 6) is -0.861. The Kier molecular flexibility index (Phi) is 6.65. The molecule has 1 amide bonds. The fraction of sp³-hybridized carbons (Fsp3) is 0.421. The maximum atomic E-state index is 13.6. The van der Waals surface area contributed by atoms with Gasteiger partial charge in [0.2, 0.25) is 0 Å². The third-order valence-electron chi connectivity index (χ3n) is 5.00.